The van der Waals surface area contributed by atoms with Gasteiger partial charge in [0, 0.05) is 44.4 Å². The molecule has 1 amide bonds. The molecule has 1 saturated heterocycles. The minimum atomic E-state index is -0.262. The molecule has 2 heterocycles. The third-order valence-electron chi connectivity index (χ3n) is 3.26. The Morgan fingerprint density at radius 1 is 1.33 bits per heavy atom. The van der Waals surface area contributed by atoms with Gasteiger partial charge in [-0.15, -0.1) is 0 Å². The predicted octanol–water partition coefficient (Wildman–Crippen LogP) is 1.62. The van der Waals surface area contributed by atoms with Crippen molar-refractivity contribution in [2.45, 2.75) is 39.2 Å². The molecule has 1 aromatic heterocycles. The van der Waals surface area contributed by atoms with E-state index in [9.17, 15) is 4.79 Å². The van der Waals surface area contributed by atoms with Gasteiger partial charge in [-0.25, -0.2) is 4.98 Å². The summed E-state index contributed by atoms with van der Waals surface area (Å²) in [7, 11) is 0. The molecule has 0 unspecified atom stereocenters. The summed E-state index contributed by atoms with van der Waals surface area (Å²) < 4.78 is 5.75. The number of aromatic nitrogens is 1. The lowest BCUT2D eigenvalue weighted by Gasteiger charge is -2.27. The molecule has 5 nitrogen and oxygen atoms in total. The fourth-order valence-corrected chi connectivity index (χ4v) is 2.27. The molecule has 1 N–H and O–H groups in total. The topological polar surface area (TPSA) is 54.5 Å². The summed E-state index contributed by atoms with van der Waals surface area (Å²) >= 11 is 0. The van der Waals surface area contributed by atoms with E-state index >= 15 is 0 Å². The standard InChI is InChI=1S/C16H25N3O2/c1-16(2,3)21-14-6-4-5-13(18-14)7-8-15(20)19-11-9-17-10-12-19/h4-6,17H,7-12H2,1-3H3. The number of nitrogens with one attached hydrogen (secondary N) is 1. The highest BCUT2D eigenvalue weighted by Gasteiger charge is 2.16. The van der Waals surface area contributed by atoms with E-state index in [2.05, 4.69) is 10.3 Å². The average molecular weight is 291 g/mol. The van der Waals surface area contributed by atoms with Crippen molar-refractivity contribution in [2.24, 2.45) is 0 Å². The van der Waals surface area contributed by atoms with Crippen LogP contribution >= 0.6 is 0 Å². The summed E-state index contributed by atoms with van der Waals surface area (Å²) in [5.74, 6) is 0.829. The van der Waals surface area contributed by atoms with Crippen LogP contribution in [-0.4, -0.2) is 47.6 Å². The number of aryl methyl sites for hydroxylation is 1. The van der Waals surface area contributed by atoms with Gasteiger partial charge >= 0.3 is 0 Å². The first-order valence-electron chi connectivity index (χ1n) is 7.57. The normalized spacial score (nSPS) is 15.9. The summed E-state index contributed by atoms with van der Waals surface area (Å²) in [5.41, 5.74) is 0.641. The number of ether oxygens (including phenoxy) is 1. The summed E-state index contributed by atoms with van der Waals surface area (Å²) in [4.78, 5) is 18.5. The van der Waals surface area contributed by atoms with Gasteiger partial charge in [0.15, 0.2) is 0 Å². The first kappa shape index (κ1) is 15.8. The molecule has 5 heteroatoms. The summed E-state index contributed by atoms with van der Waals surface area (Å²) in [6, 6.07) is 5.73. The number of rotatable bonds is 4. The van der Waals surface area contributed by atoms with Gasteiger partial charge in [-0.3, -0.25) is 4.79 Å². The Bertz CT molecular complexity index is 477. The predicted molar refractivity (Wildman–Crippen MR) is 82.4 cm³/mol. The minimum absolute atomic E-state index is 0.209. The van der Waals surface area contributed by atoms with Crippen molar-refractivity contribution in [3.63, 3.8) is 0 Å². The molecule has 0 saturated carbocycles. The lowest BCUT2D eigenvalue weighted by atomic mass is 10.2. The summed E-state index contributed by atoms with van der Waals surface area (Å²) in [5, 5.41) is 3.25. The van der Waals surface area contributed by atoms with Crippen LogP contribution in [0.4, 0.5) is 0 Å². The molecule has 0 radical (unpaired) electrons. The maximum atomic E-state index is 12.1. The van der Waals surface area contributed by atoms with Crippen molar-refractivity contribution in [3.05, 3.63) is 23.9 Å². The number of carbonyl (C=O) groups is 1. The van der Waals surface area contributed by atoms with Crippen molar-refractivity contribution in [1.29, 1.82) is 0 Å². The summed E-state index contributed by atoms with van der Waals surface area (Å²) in [6.45, 7) is 9.37. The number of hydrogen-bond acceptors (Lipinski definition) is 4. The maximum absolute atomic E-state index is 12.1. The minimum Gasteiger partial charge on any atom is -0.472 e. The Balaban J connectivity index is 1.87. The Morgan fingerprint density at radius 2 is 2.05 bits per heavy atom. The lowest BCUT2D eigenvalue weighted by Crippen LogP contribution is -2.46. The van der Waals surface area contributed by atoms with Crippen molar-refractivity contribution in [1.82, 2.24) is 15.2 Å². The van der Waals surface area contributed by atoms with Crippen LogP contribution in [0.3, 0.4) is 0 Å². The quantitative estimate of drug-likeness (QED) is 0.916. The molecule has 0 aromatic carbocycles. The van der Waals surface area contributed by atoms with E-state index in [-0.39, 0.29) is 11.5 Å². The van der Waals surface area contributed by atoms with Crippen LogP contribution in [0.25, 0.3) is 0 Å². The highest BCUT2D eigenvalue weighted by atomic mass is 16.5. The van der Waals surface area contributed by atoms with Gasteiger partial charge in [0.1, 0.15) is 5.60 Å². The van der Waals surface area contributed by atoms with Gasteiger partial charge < -0.3 is 15.0 Å². The molecule has 1 aliphatic heterocycles. The Kier molecular flexibility index (Phi) is 5.17. The third kappa shape index (κ3) is 5.34. The van der Waals surface area contributed by atoms with Crippen LogP contribution in [0.5, 0.6) is 5.88 Å². The molecule has 0 spiro atoms. The third-order valence-corrected chi connectivity index (χ3v) is 3.26. The van der Waals surface area contributed by atoms with E-state index in [1.54, 1.807) is 0 Å². The van der Waals surface area contributed by atoms with E-state index in [0.717, 1.165) is 31.9 Å². The SMILES string of the molecule is CC(C)(C)Oc1cccc(CCC(=O)N2CCNCC2)n1. The van der Waals surface area contributed by atoms with Gasteiger partial charge in [0.2, 0.25) is 11.8 Å². The molecular weight excluding hydrogens is 266 g/mol. The lowest BCUT2D eigenvalue weighted by molar-refractivity contribution is -0.131. The Hall–Kier alpha value is -1.62. The second-order valence-electron chi connectivity index (χ2n) is 6.31. The van der Waals surface area contributed by atoms with Crippen LogP contribution in [0.2, 0.25) is 0 Å². The molecule has 116 valence electrons. The molecule has 21 heavy (non-hydrogen) atoms. The van der Waals surface area contributed by atoms with E-state index in [4.69, 9.17) is 4.74 Å². The number of hydrogen-bond donors (Lipinski definition) is 1. The van der Waals surface area contributed by atoms with Crippen LogP contribution in [0.1, 0.15) is 32.9 Å². The monoisotopic (exact) mass is 291 g/mol. The number of piperazine rings is 1. The van der Waals surface area contributed by atoms with Crippen molar-refractivity contribution in [3.8, 4) is 5.88 Å². The zero-order chi connectivity index (χ0) is 15.3. The van der Waals surface area contributed by atoms with E-state index in [1.165, 1.54) is 0 Å². The molecule has 1 aromatic rings. The van der Waals surface area contributed by atoms with Crippen molar-refractivity contribution >= 4 is 5.91 Å². The zero-order valence-electron chi connectivity index (χ0n) is 13.2. The maximum Gasteiger partial charge on any atom is 0.223 e. The molecule has 0 bridgehead atoms. The first-order valence-corrected chi connectivity index (χ1v) is 7.57. The first-order chi connectivity index (χ1) is 9.94. The number of carbonyl (C=O) groups excluding carboxylic acids is 1. The van der Waals surface area contributed by atoms with Gasteiger partial charge in [-0.2, -0.15) is 0 Å². The van der Waals surface area contributed by atoms with Crippen LogP contribution in [0, 0.1) is 0 Å². The Morgan fingerprint density at radius 3 is 2.71 bits per heavy atom. The highest BCUT2D eigenvalue weighted by Crippen LogP contribution is 2.16. The number of amides is 1. The largest absolute Gasteiger partial charge is 0.472 e. The summed E-state index contributed by atoms with van der Waals surface area (Å²) in [6.07, 6.45) is 1.16. The second kappa shape index (κ2) is 6.89. The van der Waals surface area contributed by atoms with E-state index in [0.29, 0.717) is 18.7 Å². The van der Waals surface area contributed by atoms with Gasteiger partial charge in [0.25, 0.3) is 0 Å². The smallest absolute Gasteiger partial charge is 0.223 e. The fraction of sp³-hybridized carbons (Fsp3) is 0.625. The van der Waals surface area contributed by atoms with Crippen LogP contribution in [0.15, 0.2) is 18.2 Å². The van der Waals surface area contributed by atoms with Crippen molar-refractivity contribution < 1.29 is 9.53 Å². The molecule has 0 aliphatic carbocycles. The van der Waals surface area contributed by atoms with Crippen molar-refractivity contribution in [2.75, 3.05) is 26.2 Å². The number of nitrogens with zero attached hydrogens (tertiary/aromatic N) is 2. The fourth-order valence-electron chi connectivity index (χ4n) is 2.27. The van der Waals surface area contributed by atoms with Crippen LogP contribution < -0.4 is 10.1 Å². The molecule has 1 fully saturated rings. The van der Waals surface area contributed by atoms with Crippen LogP contribution in [-0.2, 0) is 11.2 Å². The average Bonchev–Trinajstić information content (AvgIpc) is 2.44. The van der Waals surface area contributed by atoms with E-state index in [1.807, 2.05) is 43.9 Å². The second-order valence-corrected chi connectivity index (χ2v) is 6.31. The van der Waals surface area contributed by atoms with Gasteiger partial charge in [0.05, 0.1) is 0 Å². The van der Waals surface area contributed by atoms with Gasteiger partial charge in [-0.05, 0) is 33.3 Å². The molecule has 0 atom stereocenters. The van der Waals surface area contributed by atoms with E-state index < -0.39 is 0 Å². The molecular formula is C16H25N3O2. The van der Waals surface area contributed by atoms with Gasteiger partial charge in [-0.1, -0.05) is 6.07 Å². The highest BCUT2D eigenvalue weighted by molar-refractivity contribution is 5.76. The Labute approximate surface area is 126 Å². The molecule has 2 rings (SSSR count). The zero-order valence-corrected chi connectivity index (χ0v) is 13.2. The molecule has 1 aliphatic rings. The number of pyridine rings is 1.